The van der Waals surface area contributed by atoms with Crippen molar-refractivity contribution in [3.05, 3.63) is 24.4 Å². The highest BCUT2D eigenvalue weighted by atomic mass is 32.2. The van der Waals surface area contributed by atoms with Crippen molar-refractivity contribution in [1.82, 2.24) is 9.29 Å². The Morgan fingerprint density at radius 1 is 1.41 bits per heavy atom. The van der Waals surface area contributed by atoms with Gasteiger partial charge in [0.1, 0.15) is 12.2 Å². The molecule has 1 aromatic rings. The summed E-state index contributed by atoms with van der Waals surface area (Å²) in [5, 5.41) is 0. The number of hydrogen-bond acceptors (Lipinski definition) is 5. The normalized spacial score (nSPS) is 29.2. The minimum atomic E-state index is -3.20. The van der Waals surface area contributed by atoms with Crippen molar-refractivity contribution in [2.24, 2.45) is 0 Å². The monoisotopic (exact) mass is 326 g/mol. The molecule has 0 unspecified atom stereocenters. The Balaban J connectivity index is 1.73. The Bertz CT molecular complexity index is 593. The zero-order valence-electron chi connectivity index (χ0n) is 12.7. The van der Waals surface area contributed by atoms with Gasteiger partial charge in [-0.15, -0.1) is 0 Å². The number of hydrogen-bond donors (Lipinski definition) is 0. The van der Waals surface area contributed by atoms with E-state index in [-0.39, 0.29) is 24.0 Å². The molecule has 2 fully saturated rings. The third kappa shape index (κ3) is 3.11. The van der Waals surface area contributed by atoms with Crippen LogP contribution < -0.4 is 4.74 Å². The largest absolute Gasteiger partial charge is 0.472 e. The number of nitrogens with zero attached hydrogens (tertiary/aromatic N) is 2. The lowest BCUT2D eigenvalue weighted by Gasteiger charge is -2.37. The van der Waals surface area contributed by atoms with E-state index < -0.39 is 10.0 Å². The lowest BCUT2D eigenvalue weighted by molar-refractivity contribution is -0.0668. The third-order valence-electron chi connectivity index (χ3n) is 4.21. The minimum absolute atomic E-state index is 0.112. The van der Waals surface area contributed by atoms with Crippen LogP contribution in [0.3, 0.4) is 0 Å². The van der Waals surface area contributed by atoms with E-state index >= 15 is 0 Å². The van der Waals surface area contributed by atoms with E-state index in [1.165, 1.54) is 0 Å². The molecular formula is C15H22N2O4S. The minimum Gasteiger partial charge on any atom is -0.472 e. The summed E-state index contributed by atoms with van der Waals surface area (Å²) < 4.78 is 38.2. The fourth-order valence-corrected chi connectivity index (χ4v) is 5.04. The van der Waals surface area contributed by atoms with Crippen LogP contribution in [-0.4, -0.2) is 54.9 Å². The average Bonchev–Trinajstić information content (AvgIpc) is 2.91. The van der Waals surface area contributed by atoms with Gasteiger partial charge in [0.2, 0.25) is 15.9 Å². The molecule has 7 heteroatoms. The van der Waals surface area contributed by atoms with Crippen molar-refractivity contribution in [3.8, 4) is 5.88 Å². The highest BCUT2D eigenvalue weighted by Crippen LogP contribution is 2.34. The lowest BCUT2D eigenvalue weighted by Crippen LogP contribution is -2.54. The smallest absolute Gasteiger partial charge is 0.214 e. The van der Waals surface area contributed by atoms with Gasteiger partial charge in [0.15, 0.2) is 0 Å². The summed E-state index contributed by atoms with van der Waals surface area (Å²) in [4.78, 5) is 4.17. The summed E-state index contributed by atoms with van der Waals surface area (Å²) in [6.07, 6.45) is 3.52. The molecule has 1 saturated carbocycles. The zero-order chi connectivity index (χ0) is 15.6. The van der Waals surface area contributed by atoms with Gasteiger partial charge in [0.25, 0.3) is 0 Å². The Labute approximate surface area is 131 Å². The Kier molecular flexibility index (Phi) is 4.65. The van der Waals surface area contributed by atoms with Gasteiger partial charge < -0.3 is 9.47 Å². The quantitative estimate of drug-likeness (QED) is 0.819. The molecule has 0 aromatic carbocycles. The summed E-state index contributed by atoms with van der Waals surface area (Å²) in [5.41, 5.74) is 0. The molecule has 1 aromatic heterocycles. The Hall–Kier alpha value is -1.18. The van der Waals surface area contributed by atoms with Gasteiger partial charge in [0, 0.05) is 18.8 Å². The van der Waals surface area contributed by atoms with Crippen molar-refractivity contribution >= 4 is 10.0 Å². The summed E-state index contributed by atoms with van der Waals surface area (Å²) in [7, 11) is -3.20. The van der Waals surface area contributed by atoms with Crippen LogP contribution in [0.15, 0.2) is 24.4 Å². The van der Waals surface area contributed by atoms with E-state index in [1.807, 2.05) is 25.1 Å². The van der Waals surface area contributed by atoms with Crippen LogP contribution in [0.4, 0.5) is 0 Å². The molecular weight excluding hydrogens is 304 g/mol. The summed E-state index contributed by atoms with van der Waals surface area (Å²) in [6.45, 7) is 2.75. The maximum atomic E-state index is 12.4. The molecule has 0 amide bonds. The first kappa shape index (κ1) is 15.7. The molecule has 2 heterocycles. The van der Waals surface area contributed by atoms with Gasteiger partial charge in [-0.1, -0.05) is 13.0 Å². The van der Waals surface area contributed by atoms with Gasteiger partial charge >= 0.3 is 0 Å². The van der Waals surface area contributed by atoms with Gasteiger partial charge in [-0.2, -0.15) is 4.31 Å². The van der Waals surface area contributed by atoms with E-state index in [1.54, 1.807) is 10.5 Å². The first-order valence-electron chi connectivity index (χ1n) is 7.80. The number of rotatable bonds is 5. The molecule has 22 heavy (non-hydrogen) atoms. The summed E-state index contributed by atoms with van der Waals surface area (Å²) in [5.74, 6) is 0.757. The molecule has 122 valence electrons. The van der Waals surface area contributed by atoms with Gasteiger partial charge in [0.05, 0.1) is 18.4 Å². The number of morpholine rings is 1. The fraction of sp³-hybridized carbons (Fsp3) is 0.667. The molecule has 1 aliphatic heterocycles. The first-order valence-corrected chi connectivity index (χ1v) is 9.41. The molecule has 0 N–H and O–H groups in total. The first-order chi connectivity index (χ1) is 10.6. The topological polar surface area (TPSA) is 68.7 Å². The van der Waals surface area contributed by atoms with Gasteiger partial charge in [-0.25, -0.2) is 13.4 Å². The van der Waals surface area contributed by atoms with Crippen LogP contribution >= 0.6 is 0 Å². The lowest BCUT2D eigenvalue weighted by atomic mass is 10.1. The maximum Gasteiger partial charge on any atom is 0.214 e. The van der Waals surface area contributed by atoms with Crippen LogP contribution in [0, 0.1) is 0 Å². The number of aromatic nitrogens is 1. The zero-order valence-corrected chi connectivity index (χ0v) is 13.5. The van der Waals surface area contributed by atoms with E-state index in [0.29, 0.717) is 25.5 Å². The van der Waals surface area contributed by atoms with Crippen molar-refractivity contribution in [3.63, 3.8) is 0 Å². The maximum absolute atomic E-state index is 12.4. The van der Waals surface area contributed by atoms with Crippen LogP contribution in [-0.2, 0) is 14.8 Å². The number of pyridine rings is 1. The SMILES string of the molecule is CCCS(=O)(=O)N1CCO[C@H]2[C@H]1CC[C@H]2Oc1ccccn1. The highest BCUT2D eigenvalue weighted by molar-refractivity contribution is 7.89. The van der Waals surface area contributed by atoms with E-state index in [9.17, 15) is 8.42 Å². The van der Waals surface area contributed by atoms with E-state index in [0.717, 1.165) is 12.8 Å². The van der Waals surface area contributed by atoms with Crippen LogP contribution in [0.2, 0.25) is 0 Å². The Morgan fingerprint density at radius 3 is 3.00 bits per heavy atom. The second kappa shape index (κ2) is 6.52. The summed E-state index contributed by atoms with van der Waals surface area (Å²) in [6, 6.07) is 5.40. The number of ether oxygens (including phenoxy) is 2. The summed E-state index contributed by atoms with van der Waals surface area (Å²) >= 11 is 0. The fourth-order valence-electron chi connectivity index (χ4n) is 3.30. The van der Waals surface area contributed by atoms with Crippen LogP contribution in [0.1, 0.15) is 26.2 Å². The number of sulfonamides is 1. The molecule has 2 aliphatic rings. The van der Waals surface area contributed by atoms with Crippen LogP contribution in [0.5, 0.6) is 5.88 Å². The third-order valence-corrected chi connectivity index (χ3v) is 6.31. The molecule has 1 saturated heterocycles. The van der Waals surface area contributed by atoms with Crippen LogP contribution in [0.25, 0.3) is 0 Å². The molecule has 3 atom stereocenters. The molecule has 0 radical (unpaired) electrons. The van der Waals surface area contributed by atoms with Crippen molar-refractivity contribution < 1.29 is 17.9 Å². The highest BCUT2D eigenvalue weighted by Gasteiger charge is 2.47. The van der Waals surface area contributed by atoms with Crippen molar-refractivity contribution in [1.29, 1.82) is 0 Å². The van der Waals surface area contributed by atoms with E-state index in [2.05, 4.69) is 4.98 Å². The second-order valence-electron chi connectivity index (χ2n) is 5.73. The number of fused-ring (bicyclic) bond motifs is 1. The van der Waals surface area contributed by atoms with Crippen molar-refractivity contribution in [2.45, 2.75) is 44.4 Å². The predicted octanol–water partition coefficient (Wildman–Crippen LogP) is 1.43. The Morgan fingerprint density at radius 2 is 2.27 bits per heavy atom. The van der Waals surface area contributed by atoms with Gasteiger partial charge in [-0.05, 0) is 25.3 Å². The molecule has 0 spiro atoms. The molecule has 6 nitrogen and oxygen atoms in total. The molecule has 3 rings (SSSR count). The molecule has 1 aliphatic carbocycles. The van der Waals surface area contributed by atoms with Crippen molar-refractivity contribution in [2.75, 3.05) is 18.9 Å². The average molecular weight is 326 g/mol. The standard InChI is InChI=1S/C15H22N2O4S/c1-2-11-22(18,19)17-9-10-20-15-12(17)6-7-13(15)21-14-5-3-4-8-16-14/h3-5,8,12-13,15H,2,6-7,9-11H2,1H3/t12-,13-,15+/m1/s1. The molecule has 0 bridgehead atoms. The van der Waals surface area contributed by atoms with E-state index in [4.69, 9.17) is 9.47 Å². The second-order valence-corrected chi connectivity index (χ2v) is 7.77. The van der Waals surface area contributed by atoms with Gasteiger partial charge in [-0.3, -0.25) is 0 Å². The predicted molar refractivity (Wildman–Crippen MR) is 82.2 cm³/mol.